The van der Waals surface area contributed by atoms with Gasteiger partial charge < -0.3 is 0 Å². The Kier molecular flexibility index (Phi) is 2.85. The molecule has 1 aromatic carbocycles. The summed E-state index contributed by atoms with van der Waals surface area (Å²) in [6, 6.07) is 5.73. The van der Waals surface area contributed by atoms with E-state index >= 15 is 0 Å². The van der Waals surface area contributed by atoms with Crippen molar-refractivity contribution in [2.45, 2.75) is 10.2 Å². The molecule has 0 spiro atoms. The Morgan fingerprint density at radius 3 is 2.58 bits per heavy atom. The normalized spacial score (nSPS) is 11.5. The Balaban J connectivity index is 3.20. The number of hydrogen-bond acceptors (Lipinski definition) is 2. The first-order chi connectivity index (χ1) is 5.54. The molecule has 0 fully saturated rings. The second-order valence-corrected chi connectivity index (χ2v) is 4.13. The van der Waals surface area contributed by atoms with Crippen molar-refractivity contribution in [1.29, 1.82) is 0 Å². The molecule has 0 saturated carbocycles. The lowest BCUT2D eigenvalue weighted by molar-refractivity contribution is 0.552. The van der Waals surface area contributed by atoms with E-state index in [1.165, 1.54) is 18.2 Å². The maximum absolute atomic E-state index is 12.4. The SMILES string of the molecule is O=S(=O)(F)c1cccc(CBr)c1. The zero-order valence-electron chi connectivity index (χ0n) is 6.00. The van der Waals surface area contributed by atoms with Gasteiger partial charge in [-0.2, -0.15) is 8.42 Å². The third-order valence-corrected chi connectivity index (χ3v) is 2.80. The van der Waals surface area contributed by atoms with Crippen molar-refractivity contribution >= 4 is 26.2 Å². The van der Waals surface area contributed by atoms with Gasteiger partial charge in [0.25, 0.3) is 0 Å². The molecule has 5 heteroatoms. The van der Waals surface area contributed by atoms with Crippen molar-refractivity contribution in [2.75, 3.05) is 0 Å². The second kappa shape index (κ2) is 3.53. The van der Waals surface area contributed by atoms with Crippen molar-refractivity contribution in [3.05, 3.63) is 29.8 Å². The van der Waals surface area contributed by atoms with Crippen LogP contribution in [-0.2, 0) is 15.6 Å². The molecule has 1 aromatic rings. The van der Waals surface area contributed by atoms with Gasteiger partial charge in [-0.25, -0.2) is 0 Å². The fourth-order valence-electron chi connectivity index (χ4n) is 0.780. The molecule has 0 saturated heterocycles. The van der Waals surface area contributed by atoms with E-state index in [-0.39, 0.29) is 4.90 Å². The molecule has 0 bridgehead atoms. The Hall–Kier alpha value is -0.420. The summed E-state index contributed by atoms with van der Waals surface area (Å²) in [4.78, 5) is -0.292. The molecular formula is C7H6BrFO2S. The largest absolute Gasteiger partial charge is 0.332 e. The van der Waals surface area contributed by atoms with E-state index < -0.39 is 10.2 Å². The van der Waals surface area contributed by atoms with E-state index in [0.29, 0.717) is 5.33 Å². The maximum atomic E-state index is 12.4. The van der Waals surface area contributed by atoms with Gasteiger partial charge in [-0.15, -0.1) is 3.89 Å². The third kappa shape index (κ3) is 2.28. The Labute approximate surface area is 78.8 Å². The summed E-state index contributed by atoms with van der Waals surface area (Å²) in [5.41, 5.74) is 0.730. The Morgan fingerprint density at radius 2 is 2.08 bits per heavy atom. The summed E-state index contributed by atoms with van der Waals surface area (Å²) < 4.78 is 33.2. The van der Waals surface area contributed by atoms with Gasteiger partial charge >= 0.3 is 10.2 Å². The second-order valence-electron chi connectivity index (χ2n) is 2.22. The molecule has 0 heterocycles. The molecule has 0 unspecified atom stereocenters. The van der Waals surface area contributed by atoms with E-state index in [2.05, 4.69) is 15.9 Å². The number of hydrogen-bond donors (Lipinski definition) is 0. The number of alkyl halides is 1. The van der Waals surface area contributed by atoms with Gasteiger partial charge in [0.2, 0.25) is 0 Å². The average Bonchev–Trinajstić information content (AvgIpc) is 2.03. The first-order valence-corrected chi connectivity index (χ1v) is 5.64. The van der Waals surface area contributed by atoms with E-state index in [1.54, 1.807) is 6.07 Å². The molecule has 0 radical (unpaired) electrons. The predicted octanol–water partition coefficient (Wildman–Crippen LogP) is 2.24. The van der Waals surface area contributed by atoms with Gasteiger partial charge in [-0.05, 0) is 17.7 Å². The monoisotopic (exact) mass is 252 g/mol. The first kappa shape index (κ1) is 9.67. The van der Waals surface area contributed by atoms with Crippen LogP contribution in [0.15, 0.2) is 29.2 Å². The lowest BCUT2D eigenvalue weighted by atomic mass is 10.2. The highest BCUT2D eigenvalue weighted by Gasteiger charge is 2.10. The molecular weight excluding hydrogens is 247 g/mol. The van der Waals surface area contributed by atoms with Crippen molar-refractivity contribution in [2.24, 2.45) is 0 Å². The standard InChI is InChI=1S/C7H6BrFO2S/c8-5-6-2-1-3-7(4-6)12(9,10)11/h1-4H,5H2. The van der Waals surface area contributed by atoms with Crippen molar-refractivity contribution in [3.63, 3.8) is 0 Å². The van der Waals surface area contributed by atoms with Crippen LogP contribution in [0.1, 0.15) is 5.56 Å². The lowest BCUT2D eigenvalue weighted by Crippen LogP contribution is -1.92. The van der Waals surface area contributed by atoms with Crippen molar-refractivity contribution in [3.8, 4) is 0 Å². The summed E-state index contributed by atoms with van der Waals surface area (Å²) >= 11 is 3.14. The average molecular weight is 253 g/mol. The highest BCUT2D eigenvalue weighted by Crippen LogP contribution is 2.15. The highest BCUT2D eigenvalue weighted by atomic mass is 79.9. The Bertz CT molecular complexity index is 375. The molecule has 0 aliphatic rings. The summed E-state index contributed by atoms with van der Waals surface area (Å²) in [6.45, 7) is 0. The number of rotatable bonds is 2. The quantitative estimate of drug-likeness (QED) is 0.598. The van der Waals surface area contributed by atoms with E-state index in [9.17, 15) is 12.3 Å². The molecule has 66 valence electrons. The summed E-state index contributed by atoms with van der Waals surface area (Å²) in [6.07, 6.45) is 0. The molecule has 0 aromatic heterocycles. The zero-order valence-corrected chi connectivity index (χ0v) is 8.40. The summed E-state index contributed by atoms with van der Waals surface area (Å²) in [5.74, 6) is 0. The fraction of sp³-hybridized carbons (Fsp3) is 0.143. The van der Waals surface area contributed by atoms with Crippen molar-refractivity contribution < 1.29 is 12.3 Å². The molecule has 0 N–H and O–H groups in total. The summed E-state index contributed by atoms with van der Waals surface area (Å²) in [7, 11) is -4.56. The van der Waals surface area contributed by atoms with Gasteiger partial charge in [0.05, 0.1) is 4.90 Å². The van der Waals surface area contributed by atoms with E-state index in [1.807, 2.05) is 0 Å². The van der Waals surface area contributed by atoms with Crippen LogP contribution in [0.5, 0.6) is 0 Å². The predicted molar refractivity (Wildman–Crippen MR) is 47.4 cm³/mol. The van der Waals surface area contributed by atoms with E-state index in [4.69, 9.17) is 0 Å². The van der Waals surface area contributed by atoms with Gasteiger partial charge in [-0.3, -0.25) is 0 Å². The number of benzene rings is 1. The fourth-order valence-corrected chi connectivity index (χ4v) is 1.66. The van der Waals surface area contributed by atoms with Crippen LogP contribution < -0.4 is 0 Å². The lowest BCUT2D eigenvalue weighted by Gasteiger charge is -1.96. The van der Waals surface area contributed by atoms with Crippen LogP contribution in [0.25, 0.3) is 0 Å². The van der Waals surface area contributed by atoms with Crippen LogP contribution in [0.4, 0.5) is 3.89 Å². The summed E-state index contributed by atoms with van der Waals surface area (Å²) in [5, 5.41) is 0.510. The van der Waals surface area contributed by atoms with Gasteiger partial charge in [0.1, 0.15) is 0 Å². The van der Waals surface area contributed by atoms with Gasteiger partial charge in [0, 0.05) is 5.33 Å². The van der Waals surface area contributed by atoms with E-state index in [0.717, 1.165) is 5.56 Å². The van der Waals surface area contributed by atoms with Gasteiger partial charge in [0.15, 0.2) is 0 Å². The van der Waals surface area contributed by atoms with Crippen LogP contribution >= 0.6 is 15.9 Å². The highest BCUT2D eigenvalue weighted by molar-refractivity contribution is 9.08. The molecule has 0 aliphatic carbocycles. The minimum absolute atomic E-state index is 0.292. The number of halogens is 2. The molecule has 2 nitrogen and oxygen atoms in total. The van der Waals surface area contributed by atoms with Crippen LogP contribution in [-0.4, -0.2) is 8.42 Å². The maximum Gasteiger partial charge on any atom is 0.332 e. The molecule has 1 rings (SSSR count). The van der Waals surface area contributed by atoms with Crippen LogP contribution in [0, 0.1) is 0 Å². The van der Waals surface area contributed by atoms with Crippen LogP contribution in [0.3, 0.4) is 0 Å². The molecule has 0 atom stereocenters. The minimum Gasteiger partial charge on any atom is -0.189 e. The first-order valence-electron chi connectivity index (χ1n) is 3.13. The van der Waals surface area contributed by atoms with Crippen LogP contribution in [0.2, 0.25) is 0 Å². The third-order valence-electron chi connectivity index (χ3n) is 1.33. The topological polar surface area (TPSA) is 34.1 Å². The molecule has 0 aliphatic heterocycles. The Morgan fingerprint density at radius 1 is 1.42 bits per heavy atom. The molecule has 12 heavy (non-hydrogen) atoms. The smallest absolute Gasteiger partial charge is 0.189 e. The van der Waals surface area contributed by atoms with Gasteiger partial charge in [-0.1, -0.05) is 28.1 Å². The van der Waals surface area contributed by atoms with Crippen molar-refractivity contribution in [1.82, 2.24) is 0 Å². The minimum atomic E-state index is -4.56. The molecule has 0 amide bonds. The zero-order chi connectivity index (χ0) is 9.19.